The van der Waals surface area contributed by atoms with Gasteiger partial charge in [0.2, 0.25) is 0 Å². The Labute approximate surface area is 112 Å². The zero-order valence-corrected chi connectivity index (χ0v) is 12.1. The van der Waals surface area contributed by atoms with Crippen LogP contribution in [-0.4, -0.2) is 20.2 Å². The monoisotopic (exact) mass is 297 g/mol. The van der Waals surface area contributed by atoms with E-state index in [0.717, 1.165) is 36.2 Å². The molecule has 0 aliphatic rings. The Hall–Kier alpha value is -0.800. The van der Waals surface area contributed by atoms with E-state index in [1.54, 1.807) is 7.11 Å². The molecule has 1 aromatic carbocycles. The Morgan fingerprint density at radius 2 is 2.18 bits per heavy atom. The molecule has 2 nitrogen and oxygen atoms in total. The third-order valence-electron chi connectivity index (χ3n) is 2.50. The van der Waals surface area contributed by atoms with E-state index in [9.17, 15) is 0 Å². The van der Waals surface area contributed by atoms with Crippen LogP contribution >= 0.6 is 15.9 Å². The molecule has 1 rings (SSSR count). The van der Waals surface area contributed by atoms with Gasteiger partial charge in [-0.1, -0.05) is 35.0 Å². The molecule has 0 saturated carbocycles. The van der Waals surface area contributed by atoms with Crippen molar-refractivity contribution in [2.75, 3.05) is 20.2 Å². The van der Waals surface area contributed by atoms with Crippen molar-refractivity contribution in [3.05, 3.63) is 40.4 Å². The largest absolute Gasteiger partial charge is 0.497 e. The molecule has 0 saturated heterocycles. The van der Waals surface area contributed by atoms with Crippen molar-refractivity contribution in [2.45, 2.75) is 19.8 Å². The molecule has 1 aromatic rings. The lowest BCUT2D eigenvalue weighted by Crippen LogP contribution is -2.12. The van der Waals surface area contributed by atoms with Crippen LogP contribution < -0.4 is 10.1 Å². The number of nitrogens with one attached hydrogen (secondary N) is 1. The van der Waals surface area contributed by atoms with E-state index in [2.05, 4.69) is 46.4 Å². The predicted molar refractivity (Wildman–Crippen MR) is 76.7 cm³/mol. The highest BCUT2D eigenvalue weighted by Crippen LogP contribution is 2.23. The molecule has 0 aliphatic heterocycles. The summed E-state index contributed by atoms with van der Waals surface area (Å²) in [7, 11) is 1.69. The highest BCUT2D eigenvalue weighted by Gasteiger charge is 1.99. The van der Waals surface area contributed by atoms with Gasteiger partial charge < -0.3 is 10.1 Å². The predicted octanol–water partition coefficient (Wildman–Crippen LogP) is 3.56. The van der Waals surface area contributed by atoms with Gasteiger partial charge in [-0.2, -0.15) is 0 Å². The van der Waals surface area contributed by atoms with Crippen LogP contribution in [0, 0.1) is 0 Å². The fourth-order valence-electron chi connectivity index (χ4n) is 1.52. The molecule has 0 radical (unpaired) electrons. The number of benzene rings is 1. The SMILES string of the molecule is CCNCCC=CCc1cc(OC)ccc1Br. The molecule has 0 atom stereocenters. The van der Waals surface area contributed by atoms with Crippen LogP contribution in [0.2, 0.25) is 0 Å². The lowest BCUT2D eigenvalue weighted by atomic mass is 10.1. The molecule has 3 heteroatoms. The average molecular weight is 298 g/mol. The van der Waals surface area contributed by atoms with E-state index in [-0.39, 0.29) is 0 Å². The van der Waals surface area contributed by atoms with Crippen LogP contribution in [0.3, 0.4) is 0 Å². The standard InChI is InChI=1S/C14H20BrNO/c1-3-16-10-6-4-5-7-12-11-13(17-2)8-9-14(12)15/h4-5,8-9,11,16H,3,6-7,10H2,1-2H3. The maximum Gasteiger partial charge on any atom is 0.119 e. The smallest absolute Gasteiger partial charge is 0.119 e. The molecule has 94 valence electrons. The number of hydrogen-bond donors (Lipinski definition) is 1. The zero-order valence-electron chi connectivity index (χ0n) is 10.5. The molecule has 0 spiro atoms. The van der Waals surface area contributed by atoms with Gasteiger partial charge in [-0.15, -0.1) is 0 Å². The molecule has 0 aromatic heterocycles. The van der Waals surface area contributed by atoms with Gasteiger partial charge in [0, 0.05) is 4.47 Å². The van der Waals surface area contributed by atoms with Gasteiger partial charge in [-0.3, -0.25) is 0 Å². The summed E-state index contributed by atoms with van der Waals surface area (Å²) < 4.78 is 6.35. The molecular weight excluding hydrogens is 278 g/mol. The maximum atomic E-state index is 5.21. The summed E-state index contributed by atoms with van der Waals surface area (Å²) in [6.45, 7) is 4.21. The van der Waals surface area contributed by atoms with Gasteiger partial charge in [0.05, 0.1) is 7.11 Å². The first-order chi connectivity index (χ1) is 8.27. The van der Waals surface area contributed by atoms with E-state index in [0.29, 0.717) is 0 Å². The van der Waals surface area contributed by atoms with Crippen molar-refractivity contribution in [2.24, 2.45) is 0 Å². The summed E-state index contributed by atoms with van der Waals surface area (Å²) in [5.74, 6) is 0.907. The first-order valence-electron chi connectivity index (χ1n) is 5.96. The topological polar surface area (TPSA) is 21.3 Å². The second-order valence-electron chi connectivity index (χ2n) is 3.78. The molecule has 0 unspecified atom stereocenters. The number of allylic oxidation sites excluding steroid dienone is 1. The van der Waals surface area contributed by atoms with Crippen molar-refractivity contribution in [3.8, 4) is 5.75 Å². The highest BCUT2D eigenvalue weighted by molar-refractivity contribution is 9.10. The Kier molecular flexibility index (Phi) is 6.97. The highest BCUT2D eigenvalue weighted by atomic mass is 79.9. The summed E-state index contributed by atoms with van der Waals surface area (Å²) in [4.78, 5) is 0. The first-order valence-corrected chi connectivity index (χ1v) is 6.75. The van der Waals surface area contributed by atoms with Crippen LogP contribution in [0.4, 0.5) is 0 Å². The van der Waals surface area contributed by atoms with Gasteiger partial charge in [-0.25, -0.2) is 0 Å². The van der Waals surface area contributed by atoms with Crippen molar-refractivity contribution < 1.29 is 4.74 Å². The Morgan fingerprint density at radius 3 is 2.88 bits per heavy atom. The number of rotatable bonds is 7. The summed E-state index contributed by atoms with van der Waals surface area (Å²) in [5, 5.41) is 3.30. The second-order valence-corrected chi connectivity index (χ2v) is 4.63. The van der Waals surface area contributed by atoms with E-state index < -0.39 is 0 Å². The van der Waals surface area contributed by atoms with E-state index >= 15 is 0 Å². The second kappa shape index (κ2) is 8.31. The lowest BCUT2D eigenvalue weighted by Gasteiger charge is -2.05. The Morgan fingerprint density at radius 1 is 1.35 bits per heavy atom. The molecule has 0 amide bonds. The van der Waals surface area contributed by atoms with Gasteiger partial charge in [0.1, 0.15) is 5.75 Å². The van der Waals surface area contributed by atoms with Crippen molar-refractivity contribution in [3.63, 3.8) is 0 Å². The number of halogens is 1. The first kappa shape index (κ1) is 14.3. The Balaban J connectivity index is 2.45. The normalized spacial score (nSPS) is 11.0. The molecule has 1 N–H and O–H groups in total. The van der Waals surface area contributed by atoms with E-state index in [1.807, 2.05) is 12.1 Å². The summed E-state index contributed by atoms with van der Waals surface area (Å²) in [6.07, 6.45) is 6.44. The van der Waals surface area contributed by atoms with Crippen LogP contribution in [-0.2, 0) is 6.42 Å². The number of hydrogen-bond acceptors (Lipinski definition) is 2. The van der Waals surface area contributed by atoms with E-state index in [1.165, 1.54) is 5.56 Å². The quantitative estimate of drug-likeness (QED) is 0.614. The number of methoxy groups -OCH3 is 1. The van der Waals surface area contributed by atoms with Crippen molar-refractivity contribution >= 4 is 15.9 Å². The van der Waals surface area contributed by atoms with Crippen LogP contribution in [0.1, 0.15) is 18.9 Å². The molecular formula is C14H20BrNO. The fraction of sp³-hybridized carbons (Fsp3) is 0.429. The van der Waals surface area contributed by atoms with Gasteiger partial charge in [0.25, 0.3) is 0 Å². The summed E-state index contributed by atoms with van der Waals surface area (Å²) in [5.41, 5.74) is 1.25. The zero-order chi connectivity index (χ0) is 12.5. The van der Waals surface area contributed by atoms with E-state index in [4.69, 9.17) is 4.74 Å². The molecule has 17 heavy (non-hydrogen) atoms. The minimum absolute atomic E-state index is 0.907. The summed E-state index contributed by atoms with van der Waals surface area (Å²) in [6, 6.07) is 6.06. The fourth-order valence-corrected chi connectivity index (χ4v) is 1.93. The molecule has 0 aliphatic carbocycles. The maximum absolute atomic E-state index is 5.21. The van der Waals surface area contributed by atoms with Gasteiger partial charge >= 0.3 is 0 Å². The molecule has 0 fully saturated rings. The minimum atomic E-state index is 0.907. The molecule has 0 heterocycles. The minimum Gasteiger partial charge on any atom is -0.497 e. The summed E-state index contributed by atoms with van der Waals surface area (Å²) >= 11 is 3.55. The van der Waals surface area contributed by atoms with Crippen LogP contribution in [0.5, 0.6) is 5.75 Å². The third kappa shape index (κ3) is 5.37. The van der Waals surface area contributed by atoms with Gasteiger partial charge in [-0.05, 0) is 49.7 Å². The van der Waals surface area contributed by atoms with Gasteiger partial charge in [0.15, 0.2) is 0 Å². The Bertz CT molecular complexity index is 363. The average Bonchev–Trinajstić information content (AvgIpc) is 2.35. The lowest BCUT2D eigenvalue weighted by molar-refractivity contribution is 0.414. The van der Waals surface area contributed by atoms with Crippen molar-refractivity contribution in [1.82, 2.24) is 5.32 Å². The van der Waals surface area contributed by atoms with Crippen LogP contribution in [0.15, 0.2) is 34.8 Å². The molecule has 0 bridgehead atoms. The van der Waals surface area contributed by atoms with Crippen LogP contribution in [0.25, 0.3) is 0 Å². The number of ether oxygens (including phenoxy) is 1. The third-order valence-corrected chi connectivity index (χ3v) is 3.27. The van der Waals surface area contributed by atoms with Crippen molar-refractivity contribution in [1.29, 1.82) is 0 Å².